The number of hydrogen-bond acceptors (Lipinski definition) is 7. The van der Waals surface area contributed by atoms with Gasteiger partial charge in [-0.15, -0.1) is 0 Å². The maximum Gasteiger partial charge on any atom is 0.416 e. The van der Waals surface area contributed by atoms with Gasteiger partial charge < -0.3 is 30.2 Å². The topological polar surface area (TPSA) is 98.7 Å². The highest BCUT2D eigenvalue weighted by Crippen LogP contribution is 2.50. The van der Waals surface area contributed by atoms with Crippen LogP contribution in [0.3, 0.4) is 0 Å². The second-order valence-electron chi connectivity index (χ2n) is 11.9. The molecule has 1 amide bonds. The van der Waals surface area contributed by atoms with E-state index < -0.39 is 29.5 Å². The van der Waals surface area contributed by atoms with Gasteiger partial charge in [-0.1, -0.05) is 36.0 Å². The maximum atomic E-state index is 14.0. The van der Waals surface area contributed by atoms with E-state index in [-0.39, 0.29) is 6.04 Å². The molecule has 12 heteroatoms. The van der Waals surface area contributed by atoms with Gasteiger partial charge in [-0.3, -0.25) is 4.57 Å². The molecule has 0 saturated carbocycles. The van der Waals surface area contributed by atoms with E-state index in [0.29, 0.717) is 69.6 Å². The van der Waals surface area contributed by atoms with Crippen LogP contribution in [0.15, 0.2) is 70.5 Å². The van der Waals surface area contributed by atoms with E-state index >= 15 is 0 Å². The number of likely N-dealkylation sites (tertiary alicyclic amines) is 1. The molecular formula is C32H30F3N4O4S-. The smallest absolute Gasteiger partial charge is 0.416 e. The van der Waals surface area contributed by atoms with Crippen molar-refractivity contribution in [3.63, 3.8) is 0 Å². The Bertz CT molecular complexity index is 1770. The first-order chi connectivity index (χ1) is 20.8. The molecule has 230 valence electrons. The molecule has 2 N–H and O–H groups in total. The van der Waals surface area contributed by atoms with Gasteiger partial charge in [0.05, 0.1) is 33.8 Å². The lowest BCUT2D eigenvalue weighted by Crippen LogP contribution is -2.44. The Morgan fingerprint density at radius 2 is 1.73 bits per heavy atom. The Morgan fingerprint density at radius 3 is 2.41 bits per heavy atom. The van der Waals surface area contributed by atoms with Crippen LogP contribution in [0.5, 0.6) is 0 Å². The fraction of sp³-hybridized carbons (Fsp3) is 0.312. The van der Waals surface area contributed by atoms with Gasteiger partial charge in [-0.25, -0.2) is 4.79 Å². The van der Waals surface area contributed by atoms with E-state index in [4.69, 9.17) is 4.74 Å². The van der Waals surface area contributed by atoms with E-state index in [1.807, 2.05) is 6.07 Å². The van der Waals surface area contributed by atoms with Crippen molar-refractivity contribution in [2.75, 3.05) is 23.7 Å². The molecule has 0 bridgehead atoms. The van der Waals surface area contributed by atoms with Gasteiger partial charge in [0.2, 0.25) is 0 Å². The van der Waals surface area contributed by atoms with Crippen molar-refractivity contribution in [1.82, 2.24) is 9.47 Å². The Labute approximate surface area is 256 Å². The van der Waals surface area contributed by atoms with Crippen molar-refractivity contribution >= 4 is 51.9 Å². The quantitative estimate of drug-likeness (QED) is 0.214. The number of nitrogens with zero attached hydrogens (tertiary/aromatic N) is 2. The number of amides is 1. The molecule has 0 radical (unpaired) electrons. The van der Waals surface area contributed by atoms with Gasteiger partial charge >= 0.3 is 12.3 Å². The summed E-state index contributed by atoms with van der Waals surface area (Å²) in [7, 11) is 0. The van der Waals surface area contributed by atoms with Crippen LogP contribution in [-0.2, 0) is 10.9 Å². The molecular weight excluding hydrogens is 593 g/mol. The number of nitrogens with one attached hydrogen (secondary N) is 2. The number of carboxylic acid groups (broad SMARTS) is 1. The Morgan fingerprint density at radius 1 is 1.00 bits per heavy atom. The van der Waals surface area contributed by atoms with Crippen LogP contribution in [-0.4, -0.2) is 46.4 Å². The van der Waals surface area contributed by atoms with Crippen molar-refractivity contribution in [3.8, 4) is 11.3 Å². The first-order valence-electron chi connectivity index (χ1n) is 14.2. The molecule has 2 aliphatic heterocycles. The SMILES string of the molecule is CC(C)(C)OC(=O)N1CCC(Nc2cc(C(F)(F)F)cc3c2Nc2ccc(-c4cc5ccccc5n4C(=O)[O-])cc2S3)CC1. The van der Waals surface area contributed by atoms with Gasteiger partial charge in [0.1, 0.15) is 11.7 Å². The van der Waals surface area contributed by atoms with Crippen molar-refractivity contribution in [2.24, 2.45) is 0 Å². The molecule has 8 nitrogen and oxygen atoms in total. The number of aromatic nitrogens is 1. The molecule has 0 aliphatic carbocycles. The number of alkyl halides is 3. The third-order valence-corrected chi connectivity index (χ3v) is 8.69. The normalized spacial score (nSPS) is 15.4. The van der Waals surface area contributed by atoms with E-state index in [9.17, 15) is 27.9 Å². The van der Waals surface area contributed by atoms with E-state index in [0.717, 1.165) is 22.1 Å². The van der Waals surface area contributed by atoms with Crippen LogP contribution < -0.4 is 15.7 Å². The Kier molecular flexibility index (Phi) is 7.43. The summed E-state index contributed by atoms with van der Waals surface area (Å²) < 4.78 is 48.6. The second-order valence-corrected chi connectivity index (χ2v) is 13.0. The van der Waals surface area contributed by atoms with E-state index in [1.54, 1.807) is 68.1 Å². The van der Waals surface area contributed by atoms with Gasteiger partial charge in [-0.2, -0.15) is 13.2 Å². The van der Waals surface area contributed by atoms with Crippen molar-refractivity contribution in [3.05, 3.63) is 66.2 Å². The maximum absolute atomic E-state index is 14.0. The number of rotatable bonds is 3. The van der Waals surface area contributed by atoms with E-state index in [1.165, 1.54) is 11.8 Å². The zero-order valence-electron chi connectivity index (χ0n) is 24.2. The molecule has 0 unspecified atom stereocenters. The third-order valence-electron chi connectivity index (χ3n) is 7.59. The number of carbonyl (C=O) groups is 2. The summed E-state index contributed by atoms with van der Waals surface area (Å²) in [6.07, 6.45) is -5.25. The molecule has 4 aromatic rings. The molecule has 6 rings (SSSR count). The summed E-state index contributed by atoms with van der Waals surface area (Å²) in [4.78, 5) is 27.2. The first-order valence-corrected chi connectivity index (χ1v) is 15.0. The third kappa shape index (κ3) is 5.90. The van der Waals surface area contributed by atoms with Crippen LogP contribution in [0.2, 0.25) is 0 Å². The largest absolute Gasteiger partial charge is 0.529 e. The molecule has 44 heavy (non-hydrogen) atoms. The van der Waals surface area contributed by atoms with Crippen LogP contribution in [0.25, 0.3) is 22.2 Å². The lowest BCUT2D eigenvalue weighted by atomic mass is 10.0. The number of hydrogen-bond donors (Lipinski definition) is 2. The predicted octanol–water partition coefficient (Wildman–Crippen LogP) is 7.54. The number of anilines is 3. The zero-order chi connectivity index (χ0) is 31.4. The molecule has 2 aliphatic rings. The fourth-order valence-corrected chi connectivity index (χ4v) is 6.64. The molecule has 3 aromatic carbocycles. The molecule has 1 fully saturated rings. The lowest BCUT2D eigenvalue weighted by molar-refractivity contribution is -0.249. The minimum absolute atomic E-state index is 0.150. The zero-order valence-corrected chi connectivity index (χ0v) is 25.1. The Balaban J connectivity index is 1.28. The number of para-hydroxylation sites is 1. The standard InChI is InChI=1S/C32H31F3N4O4S/c1-31(2,3)43-30(42)38-12-10-21(11-13-38)36-23-16-20(32(33,34)35)17-27-28(23)37-22-9-8-19(15-26(22)44-27)25-14-18-6-4-5-7-24(18)39(25)29(40)41/h4-9,14-17,21,36-37H,10-13H2,1-3H3,(H,40,41)/p-1. The minimum Gasteiger partial charge on any atom is -0.529 e. The Hall–Kier alpha value is -4.32. The van der Waals surface area contributed by atoms with Crippen LogP contribution in [0.1, 0.15) is 39.2 Å². The predicted molar refractivity (Wildman–Crippen MR) is 161 cm³/mol. The van der Waals surface area contributed by atoms with Crippen LogP contribution >= 0.6 is 11.8 Å². The summed E-state index contributed by atoms with van der Waals surface area (Å²) in [5.41, 5.74) is 1.62. The number of benzene rings is 3. The van der Waals surface area contributed by atoms with Crippen LogP contribution in [0.4, 0.5) is 39.8 Å². The van der Waals surface area contributed by atoms with Crippen LogP contribution in [0, 0.1) is 0 Å². The van der Waals surface area contributed by atoms with Gasteiger partial charge in [0, 0.05) is 34.3 Å². The monoisotopic (exact) mass is 623 g/mol. The summed E-state index contributed by atoms with van der Waals surface area (Å²) in [5.74, 6) is 0. The molecule has 0 atom stereocenters. The first kappa shape index (κ1) is 29.7. The summed E-state index contributed by atoms with van der Waals surface area (Å²) in [5, 5.41) is 19.4. The highest BCUT2D eigenvalue weighted by atomic mass is 32.2. The molecule has 1 aromatic heterocycles. The number of halogens is 3. The number of carbonyl (C=O) groups excluding carboxylic acids is 2. The lowest BCUT2D eigenvalue weighted by Gasteiger charge is -2.35. The molecule has 0 spiro atoms. The number of fused-ring (bicyclic) bond motifs is 3. The number of piperidine rings is 1. The summed E-state index contributed by atoms with van der Waals surface area (Å²) in [6.45, 7) is 6.24. The van der Waals surface area contributed by atoms with Gasteiger partial charge in [-0.05, 0) is 75.6 Å². The van der Waals surface area contributed by atoms with Crippen molar-refractivity contribution in [1.29, 1.82) is 0 Å². The summed E-state index contributed by atoms with van der Waals surface area (Å²) in [6, 6.07) is 16.2. The van der Waals surface area contributed by atoms with Gasteiger partial charge in [0.25, 0.3) is 0 Å². The summed E-state index contributed by atoms with van der Waals surface area (Å²) >= 11 is 1.18. The van der Waals surface area contributed by atoms with E-state index in [2.05, 4.69) is 10.6 Å². The van der Waals surface area contributed by atoms with Crippen molar-refractivity contribution < 1.29 is 32.6 Å². The molecule has 1 saturated heterocycles. The van der Waals surface area contributed by atoms with Gasteiger partial charge in [0.15, 0.2) is 0 Å². The fourth-order valence-electron chi connectivity index (χ4n) is 5.54. The van der Waals surface area contributed by atoms with Crippen molar-refractivity contribution in [2.45, 2.75) is 61.2 Å². The second kappa shape index (κ2) is 11.0. The number of ether oxygens (including phenoxy) is 1. The molecule has 3 heterocycles. The minimum atomic E-state index is -4.57. The highest BCUT2D eigenvalue weighted by molar-refractivity contribution is 7.99. The highest BCUT2D eigenvalue weighted by Gasteiger charge is 2.34. The average Bonchev–Trinajstić information content (AvgIpc) is 3.35. The average molecular weight is 624 g/mol.